The molecule has 0 aliphatic heterocycles. The van der Waals surface area contributed by atoms with Gasteiger partial charge in [0.15, 0.2) is 17.4 Å². The summed E-state index contributed by atoms with van der Waals surface area (Å²) in [6.07, 6.45) is 0. The molecule has 0 bridgehead atoms. The average molecular weight is 320 g/mol. The highest BCUT2D eigenvalue weighted by Gasteiger charge is 2.10. The van der Waals surface area contributed by atoms with E-state index in [0.717, 1.165) is 11.4 Å². The number of benzene rings is 2. The molecule has 0 aliphatic rings. The van der Waals surface area contributed by atoms with E-state index in [2.05, 4.69) is 15.6 Å². The number of nitrogens with zero attached hydrogens (tertiary/aromatic N) is 1. The van der Waals surface area contributed by atoms with Gasteiger partial charge in [-0.25, -0.2) is 4.98 Å². The Morgan fingerprint density at radius 3 is 1.88 bits per heavy atom. The lowest BCUT2D eigenvalue weighted by molar-refractivity contribution is 0.476. The zero-order chi connectivity index (χ0) is 17.1. The first kappa shape index (κ1) is 15.7. The molecule has 0 atom stereocenters. The molecule has 24 heavy (non-hydrogen) atoms. The minimum absolute atomic E-state index is 0.0564. The van der Waals surface area contributed by atoms with Crippen molar-refractivity contribution in [2.75, 3.05) is 16.4 Å². The van der Waals surface area contributed by atoms with Gasteiger partial charge in [-0.2, -0.15) is 0 Å². The highest BCUT2D eigenvalue weighted by molar-refractivity contribution is 5.78. The molecule has 0 unspecified atom stereocenters. The zero-order valence-corrected chi connectivity index (χ0v) is 13.7. The third-order valence-corrected chi connectivity index (χ3v) is 3.68. The zero-order valence-electron chi connectivity index (χ0n) is 13.7. The summed E-state index contributed by atoms with van der Waals surface area (Å²) in [5, 5.41) is 16.4. The van der Waals surface area contributed by atoms with E-state index in [4.69, 9.17) is 5.73 Å². The van der Waals surface area contributed by atoms with Gasteiger partial charge in [0.2, 0.25) is 0 Å². The SMILES string of the molecule is Cc1ccc(Nc2cc(O)c(N)nc2Nc2ccc(C)cc2)cc1. The topological polar surface area (TPSA) is 83.2 Å². The number of nitrogens with one attached hydrogen (secondary N) is 2. The van der Waals surface area contributed by atoms with Crippen LogP contribution in [0.3, 0.4) is 0 Å². The number of aryl methyl sites for hydroxylation is 2. The van der Waals surface area contributed by atoms with E-state index in [1.165, 1.54) is 11.1 Å². The second-order valence-corrected chi connectivity index (χ2v) is 5.77. The number of rotatable bonds is 4. The van der Waals surface area contributed by atoms with Crippen molar-refractivity contribution in [2.45, 2.75) is 13.8 Å². The predicted octanol–water partition coefficient (Wildman–Crippen LogP) is 4.47. The molecule has 0 saturated carbocycles. The largest absolute Gasteiger partial charge is 0.504 e. The number of aromatic hydroxyl groups is 1. The van der Waals surface area contributed by atoms with E-state index in [1.54, 1.807) is 6.07 Å². The first-order valence-corrected chi connectivity index (χ1v) is 7.68. The molecule has 2 aromatic carbocycles. The van der Waals surface area contributed by atoms with Crippen LogP contribution in [0.25, 0.3) is 0 Å². The van der Waals surface area contributed by atoms with E-state index in [9.17, 15) is 5.11 Å². The number of nitrogen functional groups attached to an aromatic ring is 1. The second-order valence-electron chi connectivity index (χ2n) is 5.77. The van der Waals surface area contributed by atoms with Gasteiger partial charge in [-0.15, -0.1) is 0 Å². The maximum absolute atomic E-state index is 9.89. The molecule has 5 heteroatoms. The van der Waals surface area contributed by atoms with Crippen LogP contribution < -0.4 is 16.4 Å². The average Bonchev–Trinajstić information content (AvgIpc) is 2.56. The Morgan fingerprint density at radius 2 is 1.33 bits per heavy atom. The molecule has 0 saturated heterocycles. The molecule has 1 aromatic heterocycles. The summed E-state index contributed by atoms with van der Waals surface area (Å²) in [6.45, 7) is 4.07. The van der Waals surface area contributed by atoms with E-state index in [1.807, 2.05) is 62.4 Å². The Hall–Kier alpha value is -3.21. The van der Waals surface area contributed by atoms with Crippen LogP contribution in [0.2, 0.25) is 0 Å². The molecule has 1 heterocycles. The number of aromatic nitrogens is 1. The van der Waals surface area contributed by atoms with Crippen LogP contribution >= 0.6 is 0 Å². The summed E-state index contributed by atoms with van der Waals surface area (Å²) in [5.41, 5.74) is 10.5. The van der Waals surface area contributed by atoms with Crippen LogP contribution in [-0.2, 0) is 0 Å². The van der Waals surface area contributed by atoms with Gasteiger partial charge in [0, 0.05) is 17.4 Å². The van der Waals surface area contributed by atoms with Crippen LogP contribution in [-0.4, -0.2) is 10.1 Å². The summed E-state index contributed by atoms with van der Waals surface area (Å²) >= 11 is 0. The fourth-order valence-electron chi connectivity index (χ4n) is 2.27. The molecular formula is C19H20N4O. The molecule has 0 amide bonds. The van der Waals surface area contributed by atoms with Crippen molar-refractivity contribution < 1.29 is 5.11 Å². The standard InChI is InChI=1S/C19H20N4O/c1-12-3-7-14(8-4-12)21-16-11-17(24)18(20)23-19(16)22-15-9-5-13(2)6-10-15/h3-11,21,24H,1-2H3,(H3,20,22,23). The van der Waals surface area contributed by atoms with Gasteiger partial charge in [0.25, 0.3) is 0 Å². The molecule has 3 rings (SSSR count). The minimum atomic E-state index is -0.0564. The molecule has 3 aromatic rings. The minimum Gasteiger partial charge on any atom is -0.504 e. The predicted molar refractivity (Wildman–Crippen MR) is 99.2 cm³/mol. The Balaban J connectivity index is 1.93. The van der Waals surface area contributed by atoms with Crippen molar-refractivity contribution in [2.24, 2.45) is 0 Å². The maximum atomic E-state index is 9.89. The number of anilines is 5. The number of hydrogen-bond donors (Lipinski definition) is 4. The number of nitrogens with two attached hydrogens (primary N) is 1. The van der Waals surface area contributed by atoms with Crippen molar-refractivity contribution in [3.8, 4) is 5.75 Å². The third-order valence-electron chi connectivity index (χ3n) is 3.68. The lowest BCUT2D eigenvalue weighted by atomic mass is 10.2. The van der Waals surface area contributed by atoms with Crippen LogP contribution in [0.15, 0.2) is 54.6 Å². The van der Waals surface area contributed by atoms with Crippen molar-refractivity contribution >= 4 is 28.7 Å². The Bertz CT molecular complexity index is 770. The van der Waals surface area contributed by atoms with Gasteiger partial charge in [0.05, 0.1) is 5.69 Å². The molecule has 5 N–H and O–H groups in total. The number of pyridine rings is 1. The van der Waals surface area contributed by atoms with Gasteiger partial charge < -0.3 is 21.5 Å². The normalized spacial score (nSPS) is 10.4. The second kappa shape index (κ2) is 6.50. The molecule has 0 spiro atoms. The smallest absolute Gasteiger partial charge is 0.168 e. The van der Waals surface area contributed by atoms with Crippen molar-refractivity contribution in [1.29, 1.82) is 0 Å². The van der Waals surface area contributed by atoms with E-state index >= 15 is 0 Å². The fraction of sp³-hybridized carbons (Fsp3) is 0.105. The maximum Gasteiger partial charge on any atom is 0.168 e. The summed E-state index contributed by atoms with van der Waals surface area (Å²) in [6, 6.07) is 17.5. The quantitative estimate of drug-likeness (QED) is 0.570. The van der Waals surface area contributed by atoms with E-state index in [0.29, 0.717) is 11.5 Å². The molecule has 0 aliphatic carbocycles. The summed E-state index contributed by atoms with van der Waals surface area (Å²) in [5.74, 6) is 0.577. The lowest BCUT2D eigenvalue weighted by Crippen LogP contribution is -2.03. The third kappa shape index (κ3) is 3.57. The Morgan fingerprint density at radius 1 is 0.833 bits per heavy atom. The number of hydrogen-bond acceptors (Lipinski definition) is 5. The van der Waals surface area contributed by atoms with Crippen LogP contribution in [0.5, 0.6) is 5.75 Å². The molecule has 0 fully saturated rings. The van der Waals surface area contributed by atoms with Crippen LogP contribution in [0.4, 0.5) is 28.7 Å². The highest BCUT2D eigenvalue weighted by Crippen LogP contribution is 2.33. The van der Waals surface area contributed by atoms with E-state index < -0.39 is 0 Å². The van der Waals surface area contributed by atoms with Crippen molar-refractivity contribution in [3.63, 3.8) is 0 Å². The summed E-state index contributed by atoms with van der Waals surface area (Å²) < 4.78 is 0. The van der Waals surface area contributed by atoms with Crippen LogP contribution in [0, 0.1) is 13.8 Å². The van der Waals surface area contributed by atoms with Crippen molar-refractivity contribution in [3.05, 3.63) is 65.7 Å². The summed E-state index contributed by atoms with van der Waals surface area (Å²) in [4.78, 5) is 4.26. The fourth-order valence-corrected chi connectivity index (χ4v) is 2.27. The first-order valence-electron chi connectivity index (χ1n) is 7.68. The van der Waals surface area contributed by atoms with Crippen molar-refractivity contribution in [1.82, 2.24) is 4.98 Å². The first-order chi connectivity index (χ1) is 11.5. The molecule has 122 valence electrons. The van der Waals surface area contributed by atoms with Gasteiger partial charge in [-0.3, -0.25) is 0 Å². The monoisotopic (exact) mass is 320 g/mol. The van der Waals surface area contributed by atoms with Gasteiger partial charge in [0.1, 0.15) is 0 Å². The Labute approximate surface area is 141 Å². The van der Waals surface area contributed by atoms with Gasteiger partial charge in [-0.05, 0) is 38.1 Å². The van der Waals surface area contributed by atoms with Gasteiger partial charge in [-0.1, -0.05) is 35.4 Å². The highest BCUT2D eigenvalue weighted by atomic mass is 16.3. The summed E-state index contributed by atoms with van der Waals surface area (Å²) in [7, 11) is 0. The molecular weight excluding hydrogens is 300 g/mol. The van der Waals surface area contributed by atoms with Gasteiger partial charge >= 0.3 is 0 Å². The van der Waals surface area contributed by atoms with E-state index in [-0.39, 0.29) is 11.6 Å². The Kier molecular flexibility index (Phi) is 4.24. The molecule has 0 radical (unpaired) electrons. The molecule has 5 nitrogen and oxygen atoms in total. The lowest BCUT2D eigenvalue weighted by Gasteiger charge is -2.15. The van der Waals surface area contributed by atoms with Crippen LogP contribution in [0.1, 0.15) is 11.1 Å².